The maximum absolute atomic E-state index is 10.3. The molecule has 0 spiro atoms. The van der Waals surface area contributed by atoms with E-state index in [-0.39, 0.29) is 11.8 Å². The van der Waals surface area contributed by atoms with Crippen LogP contribution in [0.5, 0.6) is 0 Å². The Kier molecular flexibility index (Phi) is 2.16. The van der Waals surface area contributed by atoms with Crippen LogP contribution in [0.25, 0.3) is 11.5 Å². The Morgan fingerprint density at radius 3 is 1.69 bits per heavy atom. The van der Waals surface area contributed by atoms with Crippen LogP contribution >= 0.6 is 0 Å². The number of aliphatic hydroxyl groups is 2. The molecular weight excluding hydrogens is 200 g/mol. The summed E-state index contributed by atoms with van der Waals surface area (Å²) in [5.41, 5.74) is 0. The average Bonchev–Trinajstić information content (AvgIpc) is 2.36. The molecule has 0 amide bonds. The molecule has 2 unspecified atom stereocenters. The van der Waals surface area contributed by atoms with Crippen molar-refractivity contribution < 1.29 is 10.2 Å². The summed E-state index contributed by atoms with van der Waals surface area (Å²) < 4.78 is 0. The number of hydrogen-bond acceptors (Lipinski definition) is 2. The van der Waals surface area contributed by atoms with Crippen molar-refractivity contribution in [2.24, 2.45) is 11.8 Å². The first-order valence-corrected chi connectivity index (χ1v) is 6.00. The number of hydrogen-bond donors (Lipinski definition) is 2. The first-order chi connectivity index (χ1) is 7.79. The van der Waals surface area contributed by atoms with Crippen molar-refractivity contribution in [3.63, 3.8) is 0 Å². The van der Waals surface area contributed by atoms with Gasteiger partial charge in [-0.3, -0.25) is 0 Å². The van der Waals surface area contributed by atoms with Crippen LogP contribution in [0.2, 0.25) is 0 Å². The highest BCUT2D eigenvalue weighted by atomic mass is 16.3. The van der Waals surface area contributed by atoms with Gasteiger partial charge < -0.3 is 10.2 Å². The second-order valence-corrected chi connectivity index (χ2v) is 4.81. The van der Waals surface area contributed by atoms with Crippen LogP contribution in [0.1, 0.15) is 25.7 Å². The molecule has 2 aliphatic rings. The Morgan fingerprint density at radius 1 is 0.812 bits per heavy atom. The SMILES string of the molecule is OC1=c2ccccc2=C(O)C2CCCCC12. The lowest BCUT2D eigenvalue weighted by Crippen LogP contribution is -2.41. The van der Waals surface area contributed by atoms with Gasteiger partial charge in [-0.1, -0.05) is 37.1 Å². The number of benzene rings is 1. The average molecular weight is 216 g/mol. The first kappa shape index (κ1) is 9.76. The van der Waals surface area contributed by atoms with Crippen molar-refractivity contribution in [3.05, 3.63) is 34.7 Å². The maximum atomic E-state index is 10.3. The summed E-state index contributed by atoms with van der Waals surface area (Å²) >= 11 is 0. The zero-order chi connectivity index (χ0) is 11.1. The summed E-state index contributed by atoms with van der Waals surface area (Å²) in [6.07, 6.45) is 4.30. The standard InChI is InChI=1S/C14H16O2/c15-13-9-5-1-2-6-10(9)14(16)12-8-4-3-7-11(12)13/h1-2,5-6,11-12,15-16H,3-4,7-8H2. The molecule has 1 saturated carbocycles. The molecule has 2 nitrogen and oxygen atoms in total. The minimum Gasteiger partial charge on any atom is -0.511 e. The predicted molar refractivity (Wildman–Crippen MR) is 63.2 cm³/mol. The van der Waals surface area contributed by atoms with E-state index in [1.54, 1.807) is 0 Å². The van der Waals surface area contributed by atoms with E-state index in [4.69, 9.17) is 0 Å². The van der Waals surface area contributed by atoms with E-state index in [9.17, 15) is 10.2 Å². The van der Waals surface area contributed by atoms with Crippen molar-refractivity contribution in [2.75, 3.05) is 0 Å². The van der Waals surface area contributed by atoms with Gasteiger partial charge in [-0.25, -0.2) is 0 Å². The smallest absolute Gasteiger partial charge is 0.104 e. The Labute approximate surface area is 94.5 Å². The van der Waals surface area contributed by atoms with E-state index >= 15 is 0 Å². The highest BCUT2D eigenvalue weighted by Crippen LogP contribution is 2.38. The summed E-state index contributed by atoms with van der Waals surface area (Å²) in [6, 6.07) is 7.61. The fraction of sp³-hybridized carbons (Fsp3) is 0.429. The van der Waals surface area contributed by atoms with Gasteiger partial charge in [0.15, 0.2) is 0 Å². The molecule has 2 aliphatic carbocycles. The number of aliphatic hydroxyl groups excluding tert-OH is 2. The maximum Gasteiger partial charge on any atom is 0.104 e. The Bertz CT molecular complexity index is 481. The van der Waals surface area contributed by atoms with Gasteiger partial charge in [0, 0.05) is 22.3 Å². The topological polar surface area (TPSA) is 40.5 Å². The molecule has 0 aromatic heterocycles. The fourth-order valence-corrected chi connectivity index (χ4v) is 3.11. The van der Waals surface area contributed by atoms with E-state index in [1.165, 1.54) is 0 Å². The summed E-state index contributed by atoms with van der Waals surface area (Å²) in [5, 5.41) is 22.2. The van der Waals surface area contributed by atoms with E-state index in [0.717, 1.165) is 36.1 Å². The highest BCUT2D eigenvalue weighted by Gasteiger charge is 2.34. The third-order valence-electron chi connectivity index (χ3n) is 3.95. The molecule has 16 heavy (non-hydrogen) atoms. The highest BCUT2D eigenvalue weighted by molar-refractivity contribution is 5.54. The molecule has 1 fully saturated rings. The van der Waals surface area contributed by atoms with Crippen LogP contribution < -0.4 is 10.4 Å². The predicted octanol–water partition coefficient (Wildman–Crippen LogP) is 1.84. The molecule has 1 aromatic rings. The summed E-state index contributed by atoms with van der Waals surface area (Å²) in [7, 11) is 0. The van der Waals surface area contributed by atoms with Gasteiger partial charge in [-0.2, -0.15) is 0 Å². The van der Waals surface area contributed by atoms with Gasteiger partial charge in [0.1, 0.15) is 11.5 Å². The van der Waals surface area contributed by atoms with Gasteiger partial charge in [0.25, 0.3) is 0 Å². The Balaban J connectivity index is 2.31. The van der Waals surface area contributed by atoms with Gasteiger partial charge in [-0.15, -0.1) is 0 Å². The van der Waals surface area contributed by atoms with Crippen molar-refractivity contribution in [3.8, 4) is 0 Å². The first-order valence-electron chi connectivity index (χ1n) is 6.00. The lowest BCUT2D eigenvalue weighted by Gasteiger charge is -2.33. The van der Waals surface area contributed by atoms with E-state index in [2.05, 4.69) is 0 Å². The largest absolute Gasteiger partial charge is 0.511 e. The third kappa shape index (κ3) is 1.26. The Hall–Kier alpha value is -1.44. The summed E-state index contributed by atoms with van der Waals surface area (Å²) in [4.78, 5) is 0. The summed E-state index contributed by atoms with van der Waals surface area (Å²) in [6.45, 7) is 0. The molecule has 1 aromatic carbocycles. The summed E-state index contributed by atoms with van der Waals surface area (Å²) in [5.74, 6) is 1.25. The van der Waals surface area contributed by atoms with Gasteiger partial charge >= 0.3 is 0 Å². The second kappa shape index (κ2) is 3.55. The van der Waals surface area contributed by atoms with Crippen molar-refractivity contribution in [1.82, 2.24) is 0 Å². The van der Waals surface area contributed by atoms with E-state index < -0.39 is 0 Å². The lowest BCUT2D eigenvalue weighted by molar-refractivity contribution is 0.253. The quantitative estimate of drug-likeness (QED) is 0.694. The molecule has 3 rings (SSSR count). The van der Waals surface area contributed by atoms with Crippen LogP contribution in [0, 0.1) is 11.8 Å². The molecule has 0 saturated heterocycles. The molecule has 84 valence electrons. The molecule has 0 radical (unpaired) electrons. The minimum absolute atomic E-state index is 0.142. The van der Waals surface area contributed by atoms with E-state index in [1.807, 2.05) is 24.3 Å². The third-order valence-corrected chi connectivity index (χ3v) is 3.95. The van der Waals surface area contributed by atoms with Crippen LogP contribution in [0.4, 0.5) is 0 Å². The van der Waals surface area contributed by atoms with Crippen LogP contribution in [0.3, 0.4) is 0 Å². The van der Waals surface area contributed by atoms with Gasteiger partial charge in [0.05, 0.1) is 0 Å². The zero-order valence-electron chi connectivity index (χ0n) is 9.19. The molecule has 0 bridgehead atoms. The Morgan fingerprint density at radius 2 is 1.25 bits per heavy atom. The number of fused-ring (bicyclic) bond motifs is 2. The lowest BCUT2D eigenvalue weighted by atomic mass is 9.74. The van der Waals surface area contributed by atoms with Crippen molar-refractivity contribution >= 4 is 11.5 Å². The molecule has 0 aliphatic heterocycles. The normalized spacial score (nSPS) is 28.5. The van der Waals surface area contributed by atoms with Crippen LogP contribution in [-0.2, 0) is 0 Å². The minimum atomic E-state index is 0.142. The fourth-order valence-electron chi connectivity index (χ4n) is 3.11. The second-order valence-electron chi connectivity index (χ2n) is 4.81. The van der Waals surface area contributed by atoms with Gasteiger partial charge in [0.2, 0.25) is 0 Å². The monoisotopic (exact) mass is 216 g/mol. The number of rotatable bonds is 0. The van der Waals surface area contributed by atoms with E-state index in [0.29, 0.717) is 11.5 Å². The zero-order valence-corrected chi connectivity index (χ0v) is 9.19. The molecule has 2 atom stereocenters. The van der Waals surface area contributed by atoms with Crippen LogP contribution in [0.15, 0.2) is 24.3 Å². The van der Waals surface area contributed by atoms with Crippen molar-refractivity contribution in [2.45, 2.75) is 25.7 Å². The van der Waals surface area contributed by atoms with Gasteiger partial charge in [-0.05, 0) is 12.8 Å². The molecule has 2 N–H and O–H groups in total. The molecule has 2 heteroatoms. The molecular formula is C14H16O2. The molecule has 0 heterocycles. The van der Waals surface area contributed by atoms with Crippen LogP contribution in [-0.4, -0.2) is 10.2 Å². The van der Waals surface area contributed by atoms with Crippen molar-refractivity contribution in [1.29, 1.82) is 0 Å².